The first-order chi connectivity index (χ1) is 8.88. The van der Waals surface area contributed by atoms with Gasteiger partial charge in [0.15, 0.2) is 0 Å². The standard InChI is InChI=1S/C16H32N2/c1-2-16-10-14-18(12-6-11-17-16)13-9-15-7-4-3-5-8-15/h15-17H,2-14H2,1H3. The average molecular weight is 252 g/mol. The Labute approximate surface area is 114 Å². The monoisotopic (exact) mass is 252 g/mol. The molecule has 1 heterocycles. The van der Waals surface area contributed by atoms with Gasteiger partial charge in [0.05, 0.1) is 0 Å². The van der Waals surface area contributed by atoms with E-state index >= 15 is 0 Å². The normalized spacial score (nSPS) is 28.8. The van der Waals surface area contributed by atoms with E-state index in [4.69, 9.17) is 0 Å². The molecule has 0 amide bonds. The predicted molar refractivity (Wildman–Crippen MR) is 78.9 cm³/mol. The summed E-state index contributed by atoms with van der Waals surface area (Å²) < 4.78 is 0. The molecule has 106 valence electrons. The van der Waals surface area contributed by atoms with E-state index in [1.807, 2.05) is 0 Å². The maximum atomic E-state index is 3.67. The summed E-state index contributed by atoms with van der Waals surface area (Å²) in [6.07, 6.45) is 12.9. The topological polar surface area (TPSA) is 15.3 Å². The molecule has 2 rings (SSSR count). The Morgan fingerprint density at radius 2 is 1.83 bits per heavy atom. The second kappa shape index (κ2) is 8.16. The predicted octanol–water partition coefficient (Wildman–Crippen LogP) is 3.42. The van der Waals surface area contributed by atoms with Crippen molar-refractivity contribution in [3.63, 3.8) is 0 Å². The summed E-state index contributed by atoms with van der Waals surface area (Å²) >= 11 is 0. The smallest absolute Gasteiger partial charge is 0.00766 e. The molecule has 0 spiro atoms. The van der Waals surface area contributed by atoms with Crippen molar-refractivity contribution in [2.45, 2.75) is 70.8 Å². The van der Waals surface area contributed by atoms with E-state index in [1.165, 1.54) is 84.0 Å². The van der Waals surface area contributed by atoms with Gasteiger partial charge in [-0.3, -0.25) is 0 Å². The summed E-state index contributed by atoms with van der Waals surface area (Å²) in [7, 11) is 0. The third-order valence-electron chi connectivity index (χ3n) is 4.95. The minimum absolute atomic E-state index is 0.766. The molecule has 0 radical (unpaired) electrons. The zero-order chi connectivity index (χ0) is 12.6. The van der Waals surface area contributed by atoms with Gasteiger partial charge in [-0.15, -0.1) is 0 Å². The maximum Gasteiger partial charge on any atom is 0.00766 e. The fourth-order valence-corrected chi connectivity index (χ4v) is 3.57. The van der Waals surface area contributed by atoms with Gasteiger partial charge >= 0.3 is 0 Å². The fraction of sp³-hybridized carbons (Fsp3) is 1.00. The molecule has 1 aliphatic carbocycles. The van der Waals surface area contributed by atoms with Crippen LogP contribution >= 0.6 is 0 Å². The minimum Gasteiger partial charge on any atom is -0.314 e. The molecule has 1 atom stereocenters. The molecule has 0 aromatic carbocycles. The van der Waals surface area contributed by atoms with Crippen LogP contribution in [0.5, 0.6) is 0 Å². The lowest BCUT2D eigenvalue weighted by atomic mass is 9.87. The summed E-state index contributed by atoms with van der Waals surface area (Å²) in [5.41, 5.74) is 0. The molecule has 1 saturated carbocycles. The lowest BCUT2D eigenvalue weighted by molar-refractivity contribution is 0.205. The third-order valence-corrected chi connectivity index (χ3v) is 4.95. The Hall–Kier alpha value is -0.0800. The summed E-state index contributed by atoms with van der Waals surface area (Å²) in [6, 6.07) is 0.766. The SMILES string of the molecule is CCC1CCN(CCC2CCCCC2)CCCN1. The van der Waals surface area contributed by atoms with Crippen LogP contribution in [0, 0.1) is 5.92 Å². The Balaban J connectivity index is 1.66. The van der Waals surface area contributed by atoms with E-state index in [0.717, 1.165) is 12.0 Å². The largest absolute Gasteiger partial charge is 0.314 e. The van der Waals surface area contributed by atoms with Crippen LogP contribution in [0.4, 0.5) is 0 Å². The van der Waals surface area contributed by atoms with Crippen molar-refractivity contribution in [1.82, 2.24) is 10.2 Å². The van der Waals surface area contributed by atoms with Gasteiger partial charge in [0.2, 0.25) is 0 Å². The summed E-state index contributed by atoms with van der Waals surface area (Å²) in [5.74, 6) is 1.05. The van der Waals surface area contributed by atoms with Crippen molar-refractivity contribution in [2.75, 3.05) is 26.2 Å². The molecule has 2 heteroatoms. The van der Waals surface area contributed by atoms with Gasteiger partial charge in [0, 0.05) is 6.04 Å². The lowest BCUT2D eigenvalue weighted by Crippen LogP contribution is -2.40. The van der Waals surface area contributed by atoms with E-state index in [0.29, 0.717) is 0 Å². The Morgan fingerprint density at radius 3 is 2.61 bits per heavy atom. The van der Waals surface area contributed by atoms with Crippen LogP contribution < -0.4 is 5.32 Å². The van der Waals surface area contributed by atoms with Crippen molar-refractivity contribution >= 4 is 0 Å². The van der Waals surface area contributed by atoms with Crippen molar-refractivity contribution < 1.29 is 0 Å². The van der Waals surface area contributed by atoms with Crippen molar-refractivity contribution in [3.8, 4) is 0 Å². The van der Waals surface area contributed by atoms with E-state index in [1.54, 1.807) is 0 Å². The van der Waals surface area contributed by atoms with Gasteiger partial charge in [-0.25, -0.2) is 0 Å². The average Bonchev–Trinajstić information content (AvgIpc) is 2.39. The zero-order valence-corrected chi connectivity index (χ0v) is 12.3. The van der Waals surface area contributed by atoms with Crippen LogP contribution in [-0.2, 0) is 0 Å². The highest BCUT2D eigenvalue weighted by Gasteiger charge is 2.17. The summed E-state index contributed by atoms with van der Waals surface area (Å²) in [4.78, 5) is 2.73. The summed E-state index contributed by atoms with van der Waals surface area (Å²) in [6.45, 7) is 7.53. The van der Waals surface area contributed by atoms with Gasteiger partial charge < -0.3 is 10.2 Å². The molecule has 1 N–H and O–H groups in total. The molecule has 1 unspecified atom stereocenters. The van der Waals surface area contributed by atoms with E-state index in [-0.39, 0.29) is 0 Å². The molecular formula is C16H32N2. The van der Waals surface area contributed by atoms with E-state index < -0.39 is 0 Å². The van der Waals surface area contributed by atoms with Gasteiger partial charge in [0.25, 0.3) is 0 Å². The summed E-state index contributed by atoms with van der Waals surface area (Å²) in [5, 5.41) is 3.67. The van der Waals surface area contributed by atoms with Crippen molar-refractivity contribution in [2.24, 2.45) is 5.92 Å². The zero-order valence-electron chi connectivity index (χ0n) is 12.3. The molecular weight excluding hydrogens is 220 g/mol. The van der Waals surface area contributed by atoms with Crippen LogP contribution in [0.25, 0.3) is 0 Å². The highest BCUT2D eigenvalue weighted by Crippen LogP contribution is 2.26. The van der Waals surface area contributed by atoms with Crippen LogP contribution in [0.15, 0.2) is 0 Å². The number of nitrogens with one attached hydrogen (secondary N) is 1. The Morgan fingerprint density at radius 1 is 1.00 bits per heavy atom. The molecule has 0 aromatic rings. The van der Waals surface area contributed by atoms with E-state index in [9.17, 15) is 0 Å². The molecule has 2 aliphatic rings. The second-order valence-electron chi connectivity index (χ2n) is 6.34. The van der Waals surface area contributed by atoms with Gasteiger partial charge in [-0.05, 0) is 57.8 Å². The van der Waals surface area contributed by atoms with Crippen LogP contribution in [-0.4, -0.2) is 37.1 Å². The molecule has 18 heavy (non-hydrogen) atoms. The highest BCUT2D eigenvalue weighted by atomic mass is 15.1. The fourth-order valence-electron chi connectivity index (χ4n) is 3.57. The lowest BCUT2D eigenvalue weighted by Gasteiger charge is -2.30. The number of nitrogens with zero attached hydrogens (tertiary/aromatic N) is 1. The van der Waals surface area contributed by atoms with Crippen LogP contribution in [0.2, 0.25) is 0 Å². The molecule has 2 fully saturated rings. The molecule has 1 aliphatic heterocycles. The van der Waals surface area contributed by atoms with Crippen molar-refractivity contribution in [3.05, 3.63) is 0 Å². The number of hydrogen-bond acceptors (Lipinski definition) is 2. The van der Waals surface area contributed by atoms with Gasteiger partial charge in [-0.1, -0.05) is 39.0 Å². The second-order valence-corrected chi connectivity index (χ2v) is 6.34. The number of rotatable bonds is 4. The first-order valence-electron chi connectivity index (χ1n) is 8.34. The Bertz CT molecular complexity index is 211. The van der Waals surface area contributed by atoms with Gasteiger partial charge in [-0.2, -0.15) is 0 Å². The van der Waals surface area contributed by atoms with Crippen molar-refractivity contribution in [1.29, 1.82) is 0 Å². The molecule has 2 nitrogen and oxygen atoms in total. The maximum absolute atomic E-state index is 3.67. The van der Waals surface area contributed by atoms with Crippen LogP contribution in [0.1, 0.15) is 64.7 Å². The highest BCUT2D eigenvalue weighted by molar-refractivity contribution is 4.74. The molecule has 0 bridgehead atoms. The third kappa shape index (κ3) is 4.89. The van der Waals surface area contributed by atoms with E-state index in [2.05, 4.69) is 17.1 Å². The Kier molecular flexibility index (Phi) is 6.50. The first-order valence-corrected chi connectivity index (χ1v) is 8.34. The molecule has 0 aromatic heterocycles. The minimum atomic E-state index is 0.766. The van der Waals surface area contributed by atoms with Gasteiger partial charge in [0.1, 0.15) is 0 Å². The quantitative estimate of drug-likeness (QED) is 0.825. The number of hydrogen-bond donors (Lipinski definition) is 1. The van der Waals surface area contributed by atoms with Crippen LogP contribution in [0.3, 0.4) is 0 Å². The molecule has 1 saturated heterocycles. The first kappa shape index (κ1) is 14.3.